The first kappa shape index (κ1) is 12.1. The average molecular weight is 304 g/mol. The van der Waals surface area contributed by atoms with Gasteiger partial charge in [-0.1, -0.05) is 28.1 Å². The highest BCUT2D eigenvalue weighted by molar-refractivity contribution is 9.10. The first-order chi connectivity index (χ1) is 7.58. The molecule has 0 radical (unpaired) electrons. The van der Waals surface area contributed by atoms with Crippen LogP contribution < -0.4 is 5.32 Å². The summed E-state index contributed by atoms with van der Waals surface area (Å²) in [5, 5.41) is 2.86. The summed E-state index contributed by atoms with van der Waals surface area (Å²) in [5.74, 6) is 0.258. The lowest BCUT2D eigenvalue weighted by atomic mass is 10.1. The minimum atomic E-state index is -2.91. The van der Waals surface area contributed by atoms with E-state index < -0.39 is 9.84 Å². The molecule has 88 valence electrons. The molecule has 1 aromatic rings. The van der Waals surface area contributed by atoms with Crippen molar-refractivity contribution in [1.82, 2.24) is 5.32 Å². The summed E-state index contributed by atoms with van der Waals surface area (Å²) in [5.41, 5.74) is 1.07. The third kappa shape index (κ3) is 2.84. The van der Waals surface area contributed by atoms with Gasteiger partial charge in [-0.25, -0.2) is 8.42 Å². The van der Waals surface area contributed by atoms with Gasteiger partial charge in [0.25, 0.3) is 0 Å². The molecule has 16 heavy (non-hydrogen) atoms. The Morgan fingerprint density at radius 1 is 1.31 bits per heavy atom. The van der Waals surface area contributed by atoms with Gasteiger partial charge in [0.15, 0.2) is 9.84 Å². The molecule has 1 N–H and O–H groups in total. The van der Waals surface area contributed by atoms with E-state index in [-0.39, 0.29) is 11.0 Å². The zero-order valence-corrected chi connectivity index (χ0v) is 11.2. The molecule has 0 amide bonds. The van der Waals surface area contributed by atoms with Crippen LogP contribution in [-0.2, 0) is 16.3 Å². The van der Waals surface area contributed by atoms with Crippen LogP contribution in [-0.4, -0.2) is 32.5 Å². The predicted octanol–water partition coefficient (Wildman–Crippen LogP) is 1.38. The molecule has 0 saturated carbocycles. The quantitative estimate of drug-likeness (QED) is 0.898. The SMILES string of the molecule is O=S1(=O)CCNCC1Cc1ccc(Br)cc1. The third-order valence-corrected chi connectivity index (χ3v) is 5.47. The second kappa shape index (κ2) is 4.85. The van der Waals surface area contributed by atoms with E-state index in [1.807, 2.05) is 24.3 Å². The molecule has 0 aliphatic carbocycles. The fraction of sp³-hybridized carbons (Fsp3) is 0.455. The van der Waals surface area contributed by atoms with Gasteiger partial charge in [0.05, 0.1) is 11.0 Å². The van der Waals surface area contributed by atoms with E-state index in [1.165, 1.54) is 0 Å². The first-order valence-corrected chi connectivity index (χ1v) is 7.75. The van der Waals surface area contributed by atoms with Gasteiger partial charge in [-0.05, 0) is 24.1 Å². The molecule has 1 aliphatic heterocycles. The minimum absolute atomic E-state index is 0.258. The number of nitrogens with one attached hydrogen (secondary N) is 1. The van der Waals surface area contributed by atoms with Crippen LogP contribution in [0.15, 0.2) is 28.7 Å². The maximum atomic E-state index is 11.8. The van der Waals surface area contributed by atoms with E-state index in [0.29, 0.717) is 19.5 Å². The van der Waals surface area contributed by atoms with E-state index in [0.717, 1.165) is 10.0 Å². The van der Waals surface area contributed by atoms with E-state index >= 15 is 0 Å². The van der Waals surface area contributed by atoms with Crippen molar-refractivity contribution in [3.8, 4) is 0 Å². The highest BCUT2D eigenvalue weighted by Gasteiger charge is 2.28. The largest absolute Gasteiger partial charge is 0.314 e. The van der Waals surface area contributed by atoms with Crippen LogP contribution in [0, 0.1) is 0 Å². The van der Waals surface area contributed by atoms with Crippen molar-refractivity contribution in [2.24, 2.45) is 0 Å². The number of sulfone groups is 1. The molecular formula is C11H14BrNO2S. The fourth-order valence-electron chi connectivity index (χ4n) is 1.85. The Kier molecular flexibility index (Phi) is 3.66. The smallest absolute Gasteiger partial charge is 0.155 e. The molecule has 2 rings (SSSR count). The van der Waals surface area contributed by atoms with E-state index in [4.69, 9.17) is 0 Å². The Bertz CT molecular complexity index is 455. The molecule has 3 nitrogen and oxygen atoms in total. The van der Waals surface area contributed by atoms with Gasteiger partial charge in [0, 0.05) is 17.6 Å². The summed E-state index contributed by atoms with van der Waals surface area (Å²) >= 11 is 3.36. The number of benzene rings is 1. The molecule has 1 unspecified atom stereocenters. The van der Waals surface area contributed by atoms with Gasteiger partial charge >= 0.3 is 0 Å². The number of hydrogen-bond acceptors (Lipinski definition) is 3. The molecule has 1 saturated heterocycles. The molecule has 1 fully saturated rings. The predicted molar refractivity (Wildman–Crippen MR) is 68.3 cm³/mol. The van der Waals surface area contributed by atoms with Gasteiger partial charge in [-0.2, -0.15) is 0 Å². The molecule has 1 aliphatic rings. The summed E-state index contributed by atoms with van der Waals surface area (Å²) in [6.45, 7) is 1.15. The first-order valence-electron chi connectivity index (χ1n) is 5.25. The van der Waals surface area contributed by atoms with Crippen LogP contribution in [0.3, 0.4) is 0 Å². The van der Waals surface area contributed by atoms with Crippen molar-refractivity contribution in [3.05, 3.63) is 34.3 Å². The summed E-state index contributed by atoms with van der Waals surface area (Å²) < 4.78 is 24.6. The molecule has 5 heteroatoms. The molecular weight excluding hydrogens is 290 g/mol. The monoisotopic (exact) mass is 303 g/mol. The highest BCUT2D eigenvalue weighted by Crippen LogP contribution is 2.16. The maximum Gasteiger partial charge on any atom is 0.155 e. The lowest BCUT2D eigenvalue weighted by molar-refractivity contribution is 0.544. The van der Waals surface area contributed by atoms with Gasteiger partial charge in [0.1, 0.15) is 0 Å². The molecule has 1 aromatic carbocycles. The zero-order valence-electron chi connectivity index (χ0n) is 8.82. The standard InChI is InChI=1S/C11H14BrNO2S/c12-10-3-1-9(2-4-10)7-11-8-13-5-6-16(11,14)15/h1-4,11,13H,5-8H2. The maximum absolute atomic E-state index is 11.8. The second-order valence-electron chi connectivity index (χ2n) is 4.02. The van der Waals surface area contributed by atoms with Gasteiger partial charge in [0.2, 0.25) is 0 Å². The van der Waals surface area contributed by atoms with Crippen LogP contribution in [0.2, 0.25) is 0 Å². The number of rotatable bonds is 2. The van der Waals surface area contributed by atoms with Gasteiger partial charge in [-0.15, -0.1) is 0 Å². The summed E-state index contributed by atoms with van der Waals surface area (Å²) in [6, 6.07) is 7.82. The van der Waals surface area contributed by atoms with Crippen molar-refractivity contribution in [2.45, 2.75) is 11.7 Å². The van der Waals surface area contributed by atoms with E-state index in [2.05, 4.69) is 21.2 Å². The Labute approximate surface area is 104 Å². The van der Waals surface area contributed by atoms with Crippen molar-refractivity contribution >= 4 is 25.8 Å². The Morgan fingerprint density at radius 3 is 2.62 bits per heavy atom. The summed E-state index contributed by atoms with van der Waals surface area (Å²) in [4.78, 5) is 0. The summed E-state index contributed by atoms with van der Waals surface area (Å²) in [6.07, 6.45) is 0.600. The minimum Gasteiger partial charge on any atom is -0.314 e. The average Bonchev–Trinajstić information content (AvgIpc) is 2.24. The summed E-state index contributed by atoms with van der Waals surface area (Å²) in [7, 11) is -2.91. The van der Waals surface area contributed by atoms with Crippen LogP contribution >= 0.6 is 15.9 Å². The Balaban J connectivity index is 2.11. The highest BCUT2D eigenvalue weighted by atomic mass is 79.9. The number of hydrogen-bond donors (Lipinski definition) is 1. The van der Waals surface area contributed by atoms with Crippen LogP contribution in [0.5, 0.6) is 0 Å². The van der Waals surface area contributed by atoms with Crippen molar-refractivity contribution in [1.29, 1.82) is 0 Å². The number of halogens is 1. The van der Waals surface area contributed by atoms with Crippen LogP contribution in [0.25, 0.3) is 0 Å². The molecule has 0 aromatic heterocycles. The van der Waals surface area contributed by atoms with Gasteiger partial charge in [-0.3, -0.25) is 0 Å². The van der Waals surface area contributed by atoms with E-state index in [9.17, 15) is 8.42 Å². The lowest BCUT2D eigenvalue weighted by Gasteiger charge is -2.23. The normalized spacial score (nSPS) is 24.2. The van der Waals surface area contributed by atoms with Gasteiger partial charge < -0.3 is 5.32 Å². The topological polar surface area (TPSA) is 46.2 Å². The molecule has 1 heterocycles. The van der Waals surface area contributed by atoms with Crippen LogP contribution in [0.1, 0.15) is 5.56 Å². The fourth-order valence-corrected chi connectivity index (χ4v) is 3.70. The van der Waals surface area contributed by atoms with Crippen LogP contribution in [0.4, 0.5) is 0 Å². The molecule has 0 spiro atoms. The molecule has 1 atom stereocenters. The second-order valence-corrected chi connectivity index (χ2v) is 7.34. The van der Waals surface area contributed by atoms with Crippen molar-refractivity contribution < 1.29 is 8.42 Å². The Hall–Kier alpha value is -0.390. The van der Waals surface area contributed by atoms with Crippen molar-refractivity contribution in [3.63, 3.8) is 0 Å². The third-order valence-electron chi connectivity index (χ3n) is 2.82. The van der Waals surface area contributed by atoms with Crippen molar-refractivity contribution in [2.75, 3.05) is 18.8 Å². The zero-order chi connectivity index (χ0) is 11.6. The molecule has 0 bridgehead atoms. The van der Waals surface area contributed by atoms with E-state index in [1.54, 1.807) is 0 Å². The lowest BCUT2D eigenvalue weighted by Crippen LogP contribution is -2.44. The Morgan fingerprint density at radius 2 is 2.00 bits per heavy atom.